The number of anilines is 1. The first-order valence-corrected chi connectivity index (χ1v) is 10.6. The minimum Gasteiger partial charge on any atom is -0.357 e. The molecule has 9 heteroatoms. The van der Waals surface area contributed by atoms with E-state index in [0.29, 0.717) is 11.6 Å². The molecule has 1 unspecified atom stereocenters. The average molecular weight is 552 g/mol. The molecular weight excluding hydrogens is 525 g/mol. The van der Waals surface area contributed by atoms with Crippen LogP contribution in [0.1, 0.15) is 19.2 Å². The number of benzene rings is 1. The minimum absolute atomic E-state index is 0. The molecule has 1 fully saturated rings. The van der Waals surface area contributed by atoms with Gasteiger partial charge in [0.25, 0.3) is 0 Å². The third-order valence-electron chi connectivity index (χ3n) is 5.01. The van der Waals surface area contributed by atoms with Crippen molar-refractivity contribution in [3.05, 3.63) is 65.7 Å². The second-order valence-corrected chi connectivity index (χ2v) is 7.60. The summed E-state index contributed by atoms with van der Waals surface area (Å²) in [4.78, 5) is 19.2. The van der Waals surface area contributed by atoms with E-state index in [1.54, 1.807) is 6.20 Å². The number of pyridine rings is 1. The zero-order chi connectivity index (χ0) is 20.8. The van der Waals surface area contributed by atoms with Gasteiger partial charge in [0.15, 0.2) is 5.96 Å². The highest BCUT2D eigenvalue weighted by molar-refractivity contribution is 14.0. The minimum atomic E-state index is 0. The molecule has 1 aliphatic heterocycles. The normalized spacial score (nSPS) is 16.1. The molecule has 1 saturated heterocycles. The van der Waals surface area contributed by atoms with E-state index in [-0.39, 0.29) is 30.0 Å². The van der Waals surface area contributed by atoms with E-state index in [0.717, 1.165) is 54.9 Å². The molecule has 164 valence electrons. The summed E-state index contributed by atoms with van der Waals surface area (Å²) in [5, 5.41) is 7.54. The van der Waals surface area contributed by atoms with Crippen molar-refractivity contribution in [1.29, 1.82) is 0 Å². The van der Waals surface area contributed by atoms with Gasteiger partial charge in [-0.2, -0.15) is 0 Å². The highest BCUT2D eigenvalue weighted by Gasteiger charge is 2.25. The van der Waals surface area contributed by atoms with Crippen LogP contribution in [-0.2, 0) is 6.54 Å². The SMILES string of the molecule is CCNC(=NCc1ncc(-c2ccccc2)[nH]1)NC1CCN(c2ncccc2Cl)C1.I. The summed E-state index contributed by atoms with van der Waals surface area (Å²) >= 11 is 6.30. The molecule has 0 spiro atoms. The molecule has 3 aromatic rings. The Balaban J connectivity index is 0.00000272. The van der Waals surface area contributed by atoms with Gasteiger partial charge in [-0.05, 0) is 31.0 Å². The number of aromatic amines is 1. The third-order valence-corrected chi connectivity index (χ3v) is 5.31. The Morgan fingerprint density at radius 1 is 1.23 bits per heavy atom. The van der Waals surface area contributed by atoms with Crippen LogP contribution in [0.5, 0.6) is 0 Å². The topological polar surface area (TPSA) is 81.2 Å². The fourth-order valence-electron chi connectivity index (χ4n) is 3.56. The predicted octanol–water partition coefficient (Wildman–Crippen LogP) is 4.08. The molecule has 3 heterocycles. The summed E-state index contributed by atoms with van der Waals surface area (Å²) in [6, 6.07) is 14.2. The van der Waals surface area contributed by atoms with Gasteiger partial charge in [0.2, 0.25) is 0 Å². The lowest BCUT2D eigenvalue weighted by molar-refractivity contribution is 0.648. The summed E-state index contributed by atoms with van der Waals surface area (Å²) in [6.45, 7) is 5.07. The van der Waals surface area contributed by atoms with Crippen LogP contribution in [0.4, 0.5) is 5.82 Å². The van der Waals surface area contributed by atoms with Crippen molar-refractivity contribution >= 4 is 47.4 Å². The van der Waals surface area contributed by atoms with Crippen molar-refractivity contribution in [2.45, 2.75) is 25.9 Å². The summed E-state index contributed by atoms with van der Waals surface area (Å²) in [6.07, 6.45) is 4.63. The van der Waals surface area contributed by atoms with E-state index >= 15 is 0 Å². The van der Waals surface area contributed by atoms with Gasteiger partial charge < -0.3 is 20.5 Å². The Morgan fingerprint density at radius 3 is 2.84 bits per heavy atom. The van der Waals surface area contributed by atoms with Crippen LogP contribution in [0.15, 0.2) is 59.9 Å². The molecule has 2 aromatic heterocycles. The van der Waals surface area contributed by atoms with E-state index in [1.165, 1.54) is 0 Å². The quantitative estimate of drug-likeness (QED) is 0.244. The van der Waals surface area contributed by atoms with Crippen molar-refractivity contribution in [2.24, 2.45) is 4.99 Å². The van der Waals surface area contributed by atoms with Crippen molar-refractivity contribution in [3.63, 3.8) is 0 Å². The van der Waals surface area contributed by atoms with Crippen LogP contribution in [0.25, 0.3) is 11.3 Å². The van der Waals surface area contributed by atoms with Crippen LogP contribution in [0.3, 0.4) is 0 Å². The maximum atomic E-state index is 6.30. The van der Waals surface area contributed by atoms with Crippen molar-refractivity contribution in [2.75, 3.05) is 24.5 Å². The molecular formula is C22H27ClIN7. The monoisotopic (exact) mass is 551 g/mol. The summed E-state index contributed by atoms with van der Waals surface area (Å²) in [7, 11) is 0. The molecule has 0 aliphatic carbocycles. The molecule has 0 bridgehead atoms. The standard InChI is InChI=1S/C22H26ClN7.HI/c1-2-24-22(27-14-20-26-13-19(29-20)16-7-4-3-5-8-16)28-17-10-12-30(15-17)21-18(23)9-6-11-25-21;/h3-9,11,13,17H,2,10,12,14-15H2,1H3,(H,26,29)(H2,24,27,28);1H. The van der Waals surface area contributed by atoms with Gasteiger partial charge in [0, 0.05) is 31.9 Å². The molecule has 7 nitrogen and oxygen atoms in total. The molecule has 1 aliphatic rings. The maximum absolute atomic E-state index is 6.30. The van der Waals surface area contributed by atoms with Crippen LogP contribution in [0.2, 0.25) is 5.02 Å². The molecule has 0 amide bonds. The highest BCUT2D eigenvalue weighted by atomic mass is 127. The zero-order valence-corrected chi connectivity index (χ0v) is 20.5. The number of nitrogens with zero attached hydrogens (tertiary/aromatic N) is 4. The Hall–Kier alpha value is -2.33. The van der Waals surface area contributed by atoms with Gasteiger partial charge in [-0.25, -0.2) is 15.0 Å². The van der Waals surface area contributed by atoms with Gasteiger partial charge in [0.1, 0.15) is 18.2 Å². The van der Waals surface area contributed by atoms with E-state index < -0.39 is 0 Å². The second-order valence-electron chi connectivity index (χ2n) is 7.19. The fraction of sp³-hybridized carbons (Fsp3) is 0.318. The number of imidazole rings is 1. The number of hydrogen-bond donors (Lipinski definition) is 3. The van der Waals surface area contributed by atoms with E-state index in [9.17, 15) is 0 Å². The van der Waals surface area contributed by atoms with E-state index in [4.69, 9.17) is 16.6 Å². The average Bonchev–Trinajstić information content (AvgIpc) is 3.43. The highest BCUT2D eigenvalue weighted by Crippen LogP contribution is 2.25. The van der Waals surface area contributed by atoms with Crippen LogP contribution in [0, 0.1) is 0 Å². The molecule has 4 rings (SSSR count). The molecule has 31 heavy (non-hydrogen) atoms. The molecule has 0 saturated carbocycles. The van der Waals surface area contributed by atoms with Crippen LogP contribution >= 0.6 is 35.6 Å². The van der Waals surface area contributed by atoms with Gasteiger partial charge in [-0.1, -0.05) is 41.9 Å². The smallest absolute Gasteiger partial charge is 0.191 e. The number of aromatic nitrogens is 3. The Bertz CT molecular complexity index is 992. The lowest BCUT2D eigenvalue weighted by Crippen LogP contribution is -2.44. The number of H-pyrrole nitrogens is 1. The first-order valence-electron chi connectivity index (χ1n) is 10.2. The third kappa shape index (κ3) is 6.10. The Morgan fingerprint density at radius 2 is 2.06 bits per heavy atom. The number of halogens is 2. The number of hydrogen-bond acceptors (Lipinski definition) is 4. The van der Waals surface area contributed by atoms with Gasteiger partial charge in [-0.15, -0.1) is 24.0 Å². The number of guanidine groups is 1. The Kier molecular flexibility index (Phi) is 8.53. The number of aliphatic imine (C=N–C) groups is 1. The number of nitrogens with one attached hydrogen (secondary N) is 3. The summed E-state index contributed by atoms with van der Waals surface area (Å²) < 4.78 is 0. The van der Waals surface area contributed by atoms with Crippen LogP contribution < -0.4 is 15.5 Å². The van der Waals surface area contributed by atoms with Crippen molar-refractivity contribution in [3.8, 4) is 11.3 Å². The first-order chi connectivity index (χ1) is 14.7. The molecule has 0 radical (unpaired) electrons. The summed E-state index contributed by atoms with van der Waals surface area (Å²) in [5.41, 5.74) is 2.11. The van der Waals surface area contributed by atoms with Crippen LogP contribution in [-0.4, -0.2) is 46.6 Å². The Labute approximate surface area is 204 Å². The van der Waals surface area contributed by atoms with E-state index in [1.807, 2.05) is 36.5 Å². The summed E-state index contributed by atoms with van der Waals surface area (Å²) in [5.74, 6) is 2.46. The first kappa shape index (κ1) is 23.3. The van der Waals surface area contributed by atoms with Gasteiger partial charge in [0.05, 0.1) is 16.9 Å². The molecule has 3 N–H and O–H groups in total. The van der Waals surface area contributed by atoms with Gasteiger partial charge >= 0.3 is 0 Å². The lowest BCUT2D eigenvalue weighted by Gasteiger charge is -2.20. The number of rotatable bonds is 6. The van der Waals surface area contributed by atoms with Gasteiger partial charge in [-0.3, -0.25) is 0 Å². The molecule has 1 aromatic carbocycles. The fourth-order valence-corrected chi connectivity index (χ4v) is 3.80. The molecule has 1 atom stereocenters. The zero-order valence-electron chi connectivity index (χ0n) is 17.4. The van der Waals surface area contributed by atoms with E-state index in [2.05, 4.69) is 49.5 Å². The lowest BCUT2D eigenvalue weighted by atomic mass is 10.2. The predicted molar refractivity (Wildman–Crippen MR) is 137 cm³/mol. The van der Waals surface area contributed by atoms with Crippen molar-refractivity contribution in [1.82, 2.24) is 25.6 Å². The second kappa shape index (κ2) is 11.3. The largest absolute Gasteiger partial charge is 0.357 e. The van der Waals surface area contributed by atoms with Crippen molar-refractivity contribution < 1.29 is 0 Å². The maximum Gasteiger partial charge on any atom is 0.191 e.